The molecule has 2 aromatic rings. The molecule has 0 bridgehead atoms. The van der Waals surface area contributed by atoms with Crippen LogP contribution in [-0.2, 0) is 0 Å². The normalized spacial score (nSPS) is 24.9. The Morgan fingerprint density at radius 3 is 2.12 bits per heavy atom. The highest BCUT2D eigenvalue weighted by Crippen LogP contribution is 2.39. The Morgan fingerprint density at radius 2 is 1.44 bits per heavy atom. The van der Waals surface area contributed by atoms with Crippen molar-refractivity contribution in [1.29, 1.82) is 5.26 Å². The van der Waals surface area contributed by atoms with Crippen molar-refractivity contribution < 1.29 is 0 Å². The maximum absolute atomic E-state index is 8.95. The zero-order chi connectivity index (χ0) is 17.1. The molecule has 4 rings (SSSR count). The molecule has 1 saturated carbocycles. The standard InChI is InChI=1S/C23H26N2/c24-17-18-6-8-20(9-7-18)22-10-11-23(16-22)25-14-12-21(13-15-25)19-4-2-1-3-5-19/h1-9,21-23H,10-16H2. The molecule has 2 aromatic carbocycles. The maximum atomic E-state index is 8.95. The van der Waals surface area contributed by atoms with E-state index < -0.39 is 0 Å². The summed E-state index contributed by atoms with van der Waals surface area (Å²) in [7, 11) is 0. The van der Waals surface area contributed by atoms with Crippen molar-refractivity contribution in [3.63, 3.8) is 0 Å². The Bertz CT molecular complexity index is 721. The fourth-order valence-corrected chi connectivity index (χ4v) is 4.75. The van der Waals surface area contributed by atoms with Gasteiger partial charge in [0, 0.05) is 6.04 Å². The van der Waals surface area contributed by atoms with E-state index in [1.165, 1.54) is 56.3 Å². The summed E-state index contributed by atoms with van der Waals surface area (Å²) >= 11 is 0. The highest BCUT2D eigenvalue weighted by Gasteiger charge is 2.32. The second-order valence-electron chi connectivity index (χ2n) is 7.62. The van der Waals surface area contributed by atoms with Crippen molar-refractivity contribution in [3.05, 3.63) is 71.3 Å². The third-order valence-corrected chi connectivity index (χ3v) is 6.23. The van der Waals surface area contributed by atoms with Gasteiger partial charge < -0.3 is 4.90 Å². The lowest BCUT2D eigenvalue weighted by molar-refractivity contribution is 0.153. The average molecular weight is 330 g/mol. The first-order valence-corrected chi connectivity index (χ1v) is 9.62. The van der Waals surface area contributed by atoms with Crippen LogP contribution in [0, 0.1) is 11.3 Å². The highest BCUT2D eigenvalue weighted by atomic mass is 15.2. The van der Waals surface area contributed by atoms with E-state index in [2.05, 4.69) is 53.4 Å². The third kappa shape index (κ3) is 3.62. The Balaban J connectivity index is 1.33. The number of piperidine rings is 1. The molecule has 1 aliphatic carbocycles. The van der Waals surface area contributed by atoms with Crippen LogP contribution < -0.4 is 0 Å². The van der Waals surface area contributed by atoms with E-state index in [0.29, 0.717) is 5.92 Å². The molecule has 2 unspecified atom stereocenters. The van der Waals surface area contributed by atoms with Crippen LogP contribution >= 0.6 is 0 Å². The number of hydrogen-bond donors (Lipinski definition) is 0. The second kappa shape index (κ2) is 7.42. The summed E-state index contributed by atoms with van der Waals surface area (Å²) in [5.74, 6) is 1.41. The third-order valence-electron chi connectivity index (χ3n) is 6.23. The smallest absolute Gasteiger partial charge is 0.0991 e. The molecule has 1 aliphatic heterocycles. The summed E-state index contributed by atoms with van der Waals surface area (Å²) in [5.41, 5.74) is 3.70. The molecule has 2 heteroatoms. The molecule has 2 nitrogen and oxygen atoms in total. The molecule has 0 aromatic heterocycles. The molecule has 1 heterocycles. The first-order chi connectivity index (χ1) is 12.3. The van der Waals surface area contributed by atoms with Gasteiger partial charge in [0.1, 0.15) is 0 Å². The molecule has 2 fully saturated rings. The summed E-state index contributed by atoms with van der Waals surface area (Å²) in [6.45, 7) is 2.48. The Labute approximate surface area is 151 Å². The number of likely N-dealkylation sites (tertiary alicyclic amines) is 1. The van der Waals surface area contributed by atoms with Gasteiger partial charge in [-0.2, -0.15) is 5.26 Å². The van der Waals surface area contributed by atoms with Crippen LogP contribution in [0.1, 0.15) is 60.6 Å². The highest BCUT2D eigenvalue weighted by molar-refractivity contribution is 5.33. The fraction of sp³-hybridized carbons (Fsp3) is 0.435. The van der Waals surface area contributed by atoms with Gasteiger partial charge in [-0.25, -0.2) is 0 Å². The van der Waals surface area contributed by atoms with Crippen LogP contribution in [0.25, 0.3) is 0 Å². The predicted molar refractivity (Wildman–Crippen MR) is 102 cm³/mol. The van der Waals surface area contributed by atoms with E-state index >= 15 is 0 Å². The van der Waals surface area contributed by atoms with Crippen molar-refractivity contribution in [3.8, 4) is 6.07 Å². The Morgan fingerprint density at radius 1 is 0.760 bits per heavy atom. The SMILES string of the molecule is N#Cc1ccc(C2CCC(N3CCC(c4ccccc4)CC3)C2)cc1. The molecule has 0 spiro atoms. The lowest BCUT2D eigenvalue weighted by Crippen LogP contribution is -2.39. The first-order valence-electron chi connectivity index (χ1n) is 9.62. The van der Waals surface area contributed by atoms with Crippen LogP contribution in [0.2, 0.25) is 0 Å². The first kappa shape index (κ1) is 16.4. The number of nitriles is 1. The Hall–Kier alpha value is -2.11. The predicted octanol–water partition coefficient (Wildman–Crippen LogP) is 5.07. The maximum Gasteiger partial charge on any atom is 0.0991 e. The minimum Gasteiger partial charge on any atom is -0.300 e. The molecule has 0 radical (unpaired) electrons. The zero-order valence-corrected chi connectivity index (χ0v) is 14.8. The van der Waals surface area contributed by atoms with Gasteiger partial charge in [-0.05, 0) is 80.3 Å². The van der Waals surface area contributed by atoms with Crippen LogP contribution in [0.4, 0.5) is 0 Å². The van der Waals surface area contributed by atoms with Crippen LogP contribution in [0.15, 0.2) is 54.6 Å². The van der Waals surface area contributed by atoms with Crippen molar-refractivity contribution in [2.45, 2.75) is 50.0 Å². The largest absolute Gasteiger partial charge is 0.300 e. The molecule has 25 heavy (non-hydrogen) atoms. The fourth-order valence-electron chi connectivity index (χ4n) is 4.75. The van der Waals surface area contributed by atoms with Gasteiger partial charge in [0.25, 0.3) is 0 Å². The topological polar surface area (TPSA) is 27.0 Å². The number of nitrogens with zero attached hydrogens (tertiary/aromatic N) is 2. The van der Waals surface area contributed by atoms with Crippen molar-refractivity contribution in [2.24, 2.45) is 0 Å². The van der Waals surface area contributed by atoms with Crippen molar-refractivity contribution >= 4 is 0 Å². The van der Waals surface area contributed by atoms with Gasteiger partial charge >= 0.3 is 0 Å². The molecule has 0 amide bonds. The molecule has 2 aliphatic rings. The number of hydrogen-bond acceptors (Lipinski definition) is 2. The monoisotopic (exact) mass is 330 g/mol. The van der Waals surface area contributed by atoms with Gasteiger partial charge in [-0.1, -0.05) is 42.5 Å². The molecular formula is C23H26N2. The van der Waals surface area contributed by atoms with E-state index in [1.54, 1.807) is 0 Å². The van der Waals surface area contributed by atoms with Crippen molar-refractivity contribution in [2.75, 3.05) is 13.1 Å². The molecule has 2 atom stereocenters. The summed E-state index contributed by atoms with van der Waals surface area (Å²) in [4.78, 5) is 2.74. The summed E-state index contributed by atoms with van der Waals surface area (Å²) < 4.78 is 0. The van der Waals surface area contributed by atoms with Crippen LogP contribution in [-0.4, -0.2) is 24.0 Å². The second-order valence-corrected chi connectivity index (χ2v) is 7.62. The quantitative estimate of drug-likeness (QED) is 0.785. The minimum absolute atomic E-state index is 0.671. The molecule has 0 N–H and O–H groups in total. The van der Waals surface area contributed by atoms with Gasteiger partial charge in [-0.15, -0.1) is 0 Å². The van der Waals surface area contributed by atoms with Crippen LogP contribution in [0.5, 0.6) is 0 Å². The zero-order valence-electron chi connectivity index (χ0n) is 14.8. The van der Waals surface area contributed by atoms with E-state index in [4.69, 9.17) is 5.26 Å². The summed E-state index contributed by atoms with van der Waals surface area (Å²) in [6.07, 6.45) is 6.47. The van der Waals surface area contributed by atoms with Gasteiger partial charge in [0.15, 0.2) is 0 Å². The van der Waals surface area contributed by atoms with E-state index in [9.17, 15) is 0 Å². The minimum atomic E-state index is 0.671. The lowest BCUT2D eigenvalue weighted by atomic mass is 9.88. The van der Waals surface area contributed by atoms with E-state index in [-0.39, 0.29) is 0 Å². The van der Waals surface area contributed by atoms with E-state index in [0.717, 1.165) is 17.5 Å². The molecule has 1 saturated heterocycles. The summed E-state index contributed by atoms with van der Waals surface area (Å²) in [6, 6.07) is 22.2. The van der Waals surface area contributed by atoms with Gasteiger partial charge in [-0.3, -0.25) is 0 Å². The number of benzene rings is 2. The van der Waals surface area contributed by atoms with Crippen molar-refractivity contribution in [1.82, 2.24) is 4.90 Å². The average Bonchev–Trinajstić information content (AvgIpc) is 3.19. The number of rotatable bonds is 3. The van der Waals surface area contributed by atoms with Gasteiger partial charge in [0.05, 0.1) is 11.6 Å². The summed E-state index contributed by atoms with van der Waals surface area (Å²) in [5, 5.41) is 8.95. The van der Waals surface area contributed by atoms with Crippen LogP contribution in [0.3, 0.4) is 0 Å². The molecular weight excluding hydrogens is 304 g/mol. The van der Waals surface area contributed by atoms with Gasteiger partial charge in [0.2, 0.25) is 0 Å². The molecule has 128 valence electrons. The Kier molecular flexibility index (Phi) is 4.85. The lowest BCUT2D eigenvalue weighted by Gasteiger charge is -2.36. The van der Waals surface area contributed by atoms with E-state index in [1.807, 2.05) is 12.1 Å².